The van der Waals surface area contributed by atoms with Gasteiger partial charge in [-0.3, -0.25) is 0 Å². The average Bonchev–Trinajstić information content (AvgIpc) is 2.61. The van der Waals surface area contributed by atoms with Gasteiger partial charge in [-0.2, -0.15) is 0 Å². The molecular formula is C21H30N2O2. The van der Waals surface area contributed by atoms with E-state index in [0.29, 0.717) is 0 Å². The summed E-state index contributed by atoms with van der Waals surface area (Å²) in [6, 6.07) is 16.2. The summed E-state index contributed by atoms with van der Waals surface area (Å²) >= 11 is 0. The lowest BCUT2D eigenvalue weighted by atomic mass is 10.2. The highest BCUT2D eigenvalue weighted by atomic mass is 16.5. The van der Waals surface area contributed by atoms with Gasteiger partial charge in [-0.05, 0) is 56.7 Å². The predicted octanol–water partition coefficient (Wildman–Crippen LogP) is 5.18. The fourth-order valence-electron chi connectivity index (χ4n) is 2.38. The van der Waals surface area contributed by atoms with Gasteiger partial charge in [-0.15, -0.1) is 0 Å². The van der Waals surface area contributed by atoms with Crippen LogP contribution in [0.25, 0.3) is 0 Å². The third-order valence-corrected chi connectivity index (χ3v) is 3.64. The van der Waals surface area contributed by atoms with E-state index >= 15 is 0 Å². The van der Waals surface area contributed by atoms with Crippen LogP contribution in [0.4, 0.5) is 11.4 Å². The SMILES string of the molecule is CCCCOc1ccc(NCCNc2ccccc2OC(C)C)cc1. The maximum atomic E-state index is 5.82. The van der Waals surface area contributed by atoms with Gasteiger partial charge in [0.15, 0.2) is 0 Å². The topological polar surface area (TPSA) is 42.5 Å². The van der Waals surface area contributed by atoms with Crippen molar-refractivity contribution >= 4 is 11.4 Å². The molecule has 2 rings (SSSR count). The second-order valence-electron chi connectivity index (χ2n) is 6.24. The zero-order valence-corrected chi connectivity index (χ0v) is 15.5. The lowest BCUT2D eigenvalue weighted by Crippen LogP contribution is -2.15. The van der Waals surface area contributed by atoms with Crippen molar-refractivity contribution in [2.24, 2.45) is 0 Å². The lowest BCUT2D eigenvalue weighted by molar-refractivity contribution is 0.243. The van der Waals surface area contributed by atoms with E-state index in [9.17, 15) is 0 Å². The van der Waals surface area contributed by atoms with Crippen LogP contribution in [0.5, 0.6) is 11.5 Å². The number of unbranched alkanes of at least 4 members (excludes halogenated alkanes) is 1. The normalized spacial score (nSPS) is 10.6. The Morgan fingerprint density at radius 2 is 1.64 bits per heavy atom. The van der Waals surface area contributed by atoms with E-state index in [1.165, 1.54) is 0 Å². The minimum absolute atomic E-state index is 0.166. The van der Waals surface area contributed by atoms with Gasteiger partial charge in [0.25, 0.3) is 0 Å². The lowest BCUT2D eigenvalue weighted by Gasteiger charge is -2.16. The summed E-state index contributed by atoms with van der Waals surface area (Å²) in [6.07, 6.45) is 2.41. The van der Waals surface area contributed by atoms with E-state index < -0.39 is 0 Å². The van der Waals surface area contributed by atoms with Crippen LogP contribution in [-0.2, 0) is 0 Å². The predicted molar refractivity (Wildman–Crippen MR) is 106 cm³/mol. The first-order chi connectivity index (χ1) is 12.2. The Labute approximate surface area is 151 Å². The molecule has 0 atom stereocenters. The molecule has 0 aliphatic rings. The summed E-state index contributed by atoms with van der Waals surface area (Å²) in [5, 5.41) is 6.83. The van der Waals surface area contributed by atoms with Gasteiger partial charge in [0, 0.05) is 18.8 Å². The van der Waals surface area contributed by atoms with Crippen LogP contribution < -0.4 is 20.1 Å². The van der Waals surface area contributed by atoms with E-state index in [1.807, 2.05) is 50.2 Å². The molecule has 0 bridgehead atoms. The Morgan fingerprint density at radius 1 is 0.920 bits per heavy atom. The third-order valence-electron chi connectivity index (χ3n) is 3.64. The molecule has 0 aliphatic heterocycles. The van der Waals surface area contributed by atoms with Crippen LogP contribution in [-0.4, -0.2) is 25.8 Å². The summed E-state index contributed by atoms with van der Waals surface area (Å²) in [5.74, 6) is 1.82. The molecule has 0 fully saturated rings. The minimum atomic E-state index is 0.166. The molecule has 25 heavy (non-hydrogen) atoms. The first-order valence-electron chi connectivity index (χ1n) is 9.15. The van der Waals surface area contributed by atoms with E-state index in [-0.39, 0.29) is 6.10 Å². The van der Waals surface area contributed by atoms with Crippen LogP contribution >= 0.6 is 0 Å². The molecule has 2 aromatic rings. The first-order valence-corrected chi connectivity index (χ1v) is 9.15. The Bertz CT molecular complexity index is 612. The van der Waals surface area contributed by atoms with Gasteiger partial charge in [0.05, 0.1) is 18.4 Å². The summed E-state index contributed by atoms with van der Waals surface area (Å²) in [5.41, 5.74) is 2.12. The fraction of sp³-hybridized carbons (Fsp3) is 0.429. The smallest absolute Gasteiger partial charge is 0.142 e. The number of anilines is 2. The molecule has 0 saturated heterocycles. The maximum Gasteiger partial charge on any atom is 0.142 e. The van der Waals surface area contributed by atoms with Gasteiger partial charge in [-0.1, -0.05) is 25.5 Å². The average molecular weight is 342 g/mol. The Morgan fingerprint density at radius 3 is 2.36 bits per heavy atom. The summed E-state index contributed by atoms with van der Waals surface area (Å²) in [7, 11) is 0. The van der Waals surface area contributed by atoms with Crippen LogP contribution in [0.1, 0.15) is 33.6 Å². The van der Waals surface area contributed by atoms with Gasteiger partial charge in [-0.25, -0.2) is 0 Å². The van der Waals surface area contributed by atoms with Crippen LogP contribution in [0.2, 0.25) is 0 Å². The standard InChI is InChI=1S/C21H30N2O2/c1-4-5-16-24-19-12-10-18(11-13-19)22-14-15-23-20-8-6-7-9-21(20)25-17(2)3/h6-13,17,22-23H,4-5,14-16H2,1-3H3. The van der Waals surface area contributed by atoms with Crippen LogP contribution in [0.15, 0.2) is 48.5 Å². The summed E-state index contributed by atoms with van der Waals surface area (Å²) < 4.78 is 11.5. The van der Waals surface area contributed by atoms with Crippen molar-refractivity contribution in [2.45, 2.75) is 39.7 Å². The van der Waals surface area contributed by atoms with E-state index in [2.05, 4.69) is 29.7 Å². The monoisotopic (exact) mass is 342 g/mol. The summed E-state index contributed by atoms with van der Waals surface area (Å²) in [6.45, 7) is 8.66. The fourth-order valence-corrected chi connectivity index (χ4v) is 2.38. The summed E-state index contributed by atoms with van der Waals surface area (Å²) in [4.78, 5) is 0. The third kappa shape index (κ3) is 6.96. The van der Waals surface area contributed by atoms with E-state index in [0.717, 1.165) is 55.4 Å². The second-order valence-corrected chi connectivity index (χ2v) is 6.24. The van der Waals surface area contributed by atoms with Crippen molar-refractivity contribution in [1.29, 1.82) is 0 Å². The van der Waals surface area contributed by atoms with E-state index in [1.54, 1.807) is 0 Å². The molecule has 0 aromatic heterocycles. The molecular weight excluding hydrogens is 312 g/mol. The molecule has 4 heteroatoms. The molecule has 0 amide bonds. The zero-order valence-electron chi connectivity index (χ0n) is 15.5. The molecule has 0 aliphatic carbocycles. The van der Waals surface area contributed by atoms with Gasteiger partial charge >= 0.3 is 0 Å². The molecule has 0 unspecified atom stereocenters. The molecule has 0 spiro atoms. The van der Waals surface area contributed by atoms with Gasteiger partial charge in [0.1, 0.15) is 11.5 Å². The van der Waals surface area contributed by atoms with Crippen molar-refractivity contribution < 1.29 is 9.47 Å². The molecule has 0 radical (unpaired) electrons. The Hall–Kier alpha value is -2.36. The number of rotatable bonds is 11. The first kappa shape index (κ1) is 19.0. The van der Waals surface area contributed by atoms with Gasteiger partial charge < -0.3 is 20.1 Å². The zero-order chi connectivity index (χ0) is 17.9. The van der Waals surface area contributed by atoms with Crippen LogP contribution in [0, 0.1) is 0 Å². The number of benzene rings is 2. The highest BCUT2D eigenvalue weighted by molar-refractivity contribution is 5.56. The molecule has 0 saturated carbocycles. The Balaban J connectivity index is 1.74. The van der Waals surface area contributed by atoms with Gasteiger partial charge in [0.2, 0.25) is 0 Å². The molecule has 4 nitrogen and oxygen atoms in total. The molecule has 0 heterocycles. The maximum absolute atomic E-state index is 5.82. The van der Waals surface area contributed by atoms with E-state index in [4.69, 9.17) is 9.47 Å². The number of hydrogen-bond acceptors (Lipinski definition) is 4. The Kier molecular flexibility index (Phi) is 7.96. The highest BCUT2D eigenvalue weighted by Gasteiger charge is 2.04. The van der Waals surface area contributed by atoms with Crippen LogP contribution in [0.3, 0.4) is 0 Å². The van der Waals surface area contributed by atoms with Crippen molar-refractivity contribution in [3.05, 3.63) is 48.5 Å². The largest absolute Gasteiger partial charge is 0.494 e. The molecule has 2 N–H and O–H groups in total. The highest BCUT2D eigenvalue weighted by Crippen LogP contribution is 2.24. The second kappa shape index (κ2) is 10.5. The minimum Gasteiger partial charge on any atom is -0.494 e. The van der Waals surface area contributed by atoms with Crippen molar-refractivity contribution in [3.63, 3.8) is 0 Å². The molecule has 136 valence electrons. The molecule has 2 aromatic carbocycles. The van der Waals surface area contributed by atoms with Crippen molar-refractivity contribution in [2.75, 3.05) is 30.3 Å². The number of ether oxygens (including phenoxy) is 2. The quantitative estimate of drug-likeness (QED) is 0.552. The number of para-hydroxylation sites is 2. The van der Waals surface area contributed by atoms with Crippen molar-refractivity contribution in [1.82, 2.24) is 0 Å². The number of hydrogen-bond donors (Lipinski definition) is 2. The number of nitrogens with one attached hydrogen (secondary N) is 2. The van der Waals surface area contributed by atoms with Crippen molar-refractivity contribution in [3.8, 4) is 11.5 Å².